The fourth-order valence-corrected chi connectivity index (χ4v) is 12.5. The molecule has 0 N–H and O–H groups in total. The number of hydrogen-bond donors (Lipinski definition) is 0. The molecular formula is C33H59N3O5SSi. The Hall–Kier alpha value is -1.42. The van der Waals surface area contributed by atoms with E-state index in [0.717, 1.165) is 24.8 Å². The van der Waals surface area contributed by atoms with Crippen LogP contribution in [0.3, 0.4) is 0 Å². The van der Waals surface area contributed by atoms with Crippen LogP contribution in [-0.2, 0) is 23.2 Å². The summed E-state index contributed by atoms with van der Waals surface area (Å²) in [5.74, 6) is 0. The first-order valence-corrected chi connectivity index (χ1v) is 19.8. The minimum atomic E-state index is -4.08. The summed E-state index contributed by atoms with van der Waals surface area (Å²) in [4.78, 5) is 3.18. The Morgan fingerprint density at radius 2 is 1.40 bits per heavy atom. The fraction of sp³-hybridized carbons (Fsp3) is 0.818. The average molecular weight is 638 g/mol. The quantitative estimate of drug-likeness (QED) is 0.0397. The van der Waals surface area contributed by atoms with Crippen LogP contribution in [0.25, 0.3) is 10.4 Å². The third-order valence-corrected chi connectivity index (χ3v) is 15.1. The van der Waals surface area contributed by atoms with Crippen LogP contribution in [0, 0.1) is 6.92 Å². The lowest BCUT2D eigenvalue weighted by Crippen LogP contribution is -2.66. The number of unbranched alkanes of at least 4 members (excludes halogenated alkanes) is 11. The summed E-state index contributed by atoms with van der Waals surface area (Å²) in [5, 5.41) is 3.38. The average Bonchev–Trinajstić information content (AvgIpc) is 2.92. The second kappa shape index (κ2) is 17.3. The standard InChI is InChI=1S/C33H59N3O5SSi/c1-9-10-11-12-13-14-15-16-17-18-19-20-21-30(40-42(37,38)28-24-22-27(2)23-25-28)31-29(35-36-34)26-39-43(41-31,32(3,4)5)33(6,7)8/h22-25,29-31H,9-21,26H2,1-8H3. The van der Waals surface area contributed by atoms with E-state index >= 15 is 0 Å². The molecule has 0 aromatic heterocycles. The van der Waals surface area contributed by atoms with Crippen LogP contribution < -0.4 is 0 Å². The van der Waals surface area contributed by atoms with Crippen molar-refractivity contribution in [3.8, 4) is 0 Å². The maximum absolute atomic E-state index is 13.5. The van der Waals surface area contributed by atoms with Crippen molar-refractivity contribution in [2.24, 2.45) is 5.11 Å². The molecule has 3 unspecified atom stereocenters. The maximum Gasteiger partial charge on any atom is 0.349 e. The van der Waals surface area contributed by atoms with Crippen molar-refractivity contribution in [2.45, 2.75) is 172 Å². The van der Waals surface area contributed by atoms with Gasteiger partial charge in [0.05, 0.1) is 17.0 Å². The normalized spacial score (nSPS) is 20.0. The highest BCUT2D eigenvalue weighted by Gasteiger charge is 2.62. The van der Waals surface area contributed by atoms with E-state index in [1.165, 1.54) is 57.8 Å². The lowest BCUT2D eigenvalue weighted by molar-refractivity contribution is -0.0506. The second-order valence-electron chi connectivity index (χ2n) is 14.4. The summed E-state index contributed by atoms with van der Waals surface area (Å²) in [6.45, 7) is 17.0. The molecule has 3 atom stereocenters. The van der Waals surface area contributed by atoms with Gasteiger partial charge in [-0.2, -0.15) is 8.42 Å². The summed E-state index contributed by atoms with van der Waals surface area (Å²) in [6.07, 6.45) is 13.5. The van der Waals surface area contributed by atoms with Crippen LogP contribution >= 0.6 is 0 Å². The van der Waals surface area contributed by atoms with E-state index in [4.69, 9.17) is 13.0 Å². The topological polar surface area (TPSA) is 111 Å². The van der Waals surface area contributed by atoms with Crippen molar-refractivity contribution in [3.05, 3.63) is 40.3 Å². The number of nitrogens with zero attached hydrogens (tertiary/aromatic N) is 3. The Bertz CT molecular complexity index is 1090. The van der Waals surface area contributed by atoms with Gasteiger partial charge in [-0.1, -0.05) is 148 Å². The SMILES string of the molecule is CCCCCCCCCCCCCCC(OS(=O)(=O)c1ccc(C)cc1)C1O[Si](C(C)(C)C)(C(C)(C)C)OCC1N=[N+]=[N-]. The van der Waals surface area contributed by atoms with Crippen molar-refractivity contribution < 1.29 is 21.5 Å². The largest absolute Gasteiger partial charge is 0.393 e. The number of rotatable bonds is 18. The molecular weight excluding hydrogens is 579 g/mol. The van der Waals surface area contributed by atoms with Gasteiger partial charge in [0.1, 0.15) is 6.10 Å². The second-order valence-corrected chi connectivity index (χ2v) is 20.7. The lowest BCUT2D eigenvalue weighted by atomic mass is 10.00. The molecule has 1 saturated heterocycles. The van der Waals surface area contributed by atoms with E-state index in [9.17, 15) is 13.9 Å². The predicted molar refractivity (Wildman–Crippen MR) is 178 cm³/mol. The van der Waals surface area contributed by atoms with Crippen LogP contribution in [0.4, 0.5) is 0 Å². The van der Waals surface area contributed by atoms with Gasteiger partial charge in [-0.05, 0) is 31.0 Å². The summed E-state index contributed by atoms with van der Waals surface area (Å²) < 4.78 is 46.6. The molecule has 10 heteroatoms. The highest BCUT2D eigenvalue weighted by atomic mass is 32.2. The number of benzene rings is 1. The van der Waals surface area contributed by atoms with E-state index in [0.29, 0.717) is 6.42 Å². The minimum Gasteiger partial charge on any atom is -0.393 e. The Balaban J connectivity index is 2.19. The van der Waals surface area contributed by atoms with Gasteiger partial charge in [0.25, 0.3) is 10.1 Å². The van der Waals surface area contributed by atoms with Gasteiger partial charge in [-0.3, -0.25) is 4.18 Å². The van der Waals surface area contributed by atoms with Crippen LogP contribution in [0.1, 0.15) is 138 Å². The summed E-state index contributed by atoms with van der Waals surface area (Å²) >= 11 is 0. The van der Waals surface area contributed by atoms with Gasteiger partial charge < -0.3 is 8.85 Å². The van der Waals surface area contributed by atoms with Gasteiger partial charge in [-0.25, -0.2) is 0 Å². The van der Waals surface area contributed by atoms with E-state index < -0.39 is 36.9 Å². The Morgan fingerprint density at radius 1 is 0.907 bits per heavy atom. The Morgan fingerprint density at radius 3 is 1.86 bits per heavy atom. The van der Waals surface area contributed by atoms with Crippen molar-refractivity contribution >= 4 is 18.7 Å². The van der Waals surface area contributed by atoms with Gasteiger partial charge in [0, 0.05) is 21.6 Å². The number of hydrogen-bond acceptors (Lipinski definition) is 6. The zero-order valence-corrected chi connectivity index (χ0v) is 30.0. The molecule has 1 heterocycles. The minimum absolute atomic E-state index is 0.111. The first kappa shape index (κ1) is 37.8. The molecule has 0 amide bonds. The van der Waals surface area contributed by atoms with E-state index in [-0.39, 0.29) is 21.6 Å². The van der Waals surface area contributed by atoms with Crippen LogP contribution in [0.15, 0.2) is 34.3 Å². The number of aryl methyl sites for hydroxylation is 1. The van der Waals surface area contributed by atoms with E-state index in [1.54, 1.807) is 24.3 Å². The molecule has 1 fully saturated rings. The molecule has 1 aromatic rings. The summed E-state index contributed by atoms with van der Waals surface area (Å²) in [6, 6.07) is 5.99. The first-order chi connectivity index (χ1) is 20.2. The monoisotopic (exact) mass is 637 g/mol. The van der Waals surface area contributed by atoms with Crippen molar-refractivity contribution in [3.63, 3.8) is 0 Å². The smallest absolute Gasteiger partial charge is 0.349 e. The zero-order valence-electron chi connectivity index (χ0n) is 28.2. The van der Waals surface area contributed by atoms with Gasteiger partial charge in [0.15, 0.2) is 0 Å². The predicted octanol–water partition coefficient (Wildman–Crippen LogP) is 10.3. The van der Waals surface area contributed by atoms with Crippen LogP contribution in [-0.4, -0.2) is 41.8 Å². The zero-order chi connectivity index (χ0) is 32.2. The van der Waals surface area contributed by atoms with E-state index in [1.807, 2.05) is 6.92 Å². The molecule has 0 aliphatic carbocycles. The van der Waals surface area contributed by atoms with Crippen LogP contribution in [0.5, 0.6) is 0 Å². The Kier molecular flexibility index (Phi) is 15.2. The molecule has 43 heavy (non-hydrogen) atoms. The van der Waals surface area contributed by atoms with Crippen molar-refractivity contribution in [1.29, 1.82) is 0 Å². The highest BCUT2D eigenvalue weighted by Crippen LogP contribution is 2.54. The van der Waals surface area contributed by atoms with Gasteiger partial charge >= 0.3 is 8.56 Å². The van der Waals surface area contributed by atoms with Gasteiger partial charge in [-0.15, -0.1) is 0 Å². The maximum atomic E-state index is 13.5. The molecule has 246 valence electrons. The Labute approximate surface area is 263 Å². The van der Waals surface area contributed by atoms with Gasteiger partial charge in [0.2, 0.25) is 0 Å². The molecule has 0 bridgehead atoms. The number of azide groups is 1. The summed E-state index contributed by atoms with van der Waals surface area (Å²) in [5.41, 5.74) is 10.4. The molecule has 1 aromatic carbocycles. The van der Waals surface area contributed by atoms with E-state index in [2.05, 4.69) is 58.5 Å². The lowest BCUT2D eigenvalue weighted by Gasteiger charge is -2.55. The summed E-state index contributed by atoms with van der Waals surface area (Å²) in [7, 11) is -7.07. The first-order valence-electron chi connectivity index (χ1n) is 16.5. The molecule has 0 saturated carbocycles. The van der Waals surface area contributed by atoms with Crippen molar-refractivity contribution in [2.75, 3.05) is 6.61 Å². The third-order valence-electron chi connectivity index (χ3n) is 8.58. The fourth-order valence-electron chi connectivity index (χ4n) is 6.38. The van der Waals surface area contributed by atoms with Crippen molar-refractivity contribution in [1.82, 2.24) is 0 Å². The molecule has 0 spiro atoms. The molecule has 0 radical (unpaired) electrons. The highest BCUT2D eigenvalue weighted by molar-refractivity contribution is 7.86. The third kappa shape index (κ3) is 11.2. The molecule has 8 nitrogen and oxygen atoms in total. The molecule has 1 aliphatic heterocycles. The molecule has 2 rings (SSSR count). The van der Waals surface area contributed by atoms with Crippen LogP contribution in [0.2, 0.25) is 10.1 Å². The molecule has 1 aliphatic rings.